The van der Waals surface area contributed by atoms with Crippen LogP contribution in [0.15, 0.2) is 23.1 Å². The molecule has 0 aliphatic carbocycles. The number of hydrogen-bond donors (Lipinski definition) is 2. The molecule has 1 aromatic rings. The van der Waals surface area contributed by atoms with Crippen LogP contribution in [0.1, 0.15) is 0 Å². The lowest BCUT2D eigenvalue weighted by Gasteiger charge is -2.11. The fourth-order valence-corrected chi connectivity index (χ4v) is 2.51. The van der Waals surface area contributed by atoms with Crippen LogP contribution in [0.2, 0.25) is 0 Å². The van der Waals surface area contributed by atoms with Crippen molar-refractivity contribution in [3.63, 3.8) is 0 Å². The molecule has 1 rings (SSSR count). The number of aliphatic hydroxyl groups excluding tert-OH is 1. The highest BCUT2D eigenvalue weighted by Crippen LogP contribution is 2.20. The zero-order valence-electron chi connectivity index (χ0n) is 10.4. The molecule has 1 atom stereocenters. The molecule has 0 spiro atoms. The van der Waals surface area contributed by atoms with E-state index < -0.39 is 44.0 Å². The fraction of sp³-hybridized carbons (Fsp3) is 0.400. The Bertz CT molecular complexity index is 591. The molecular weight excluding hydrogens is 295 g/mol. The number of nitrogens with one attached hydrogen (secondary N) is 1. The number of methoxy groups -OCH3 is 1. The van der Waals surface area contributed by atoms with Crippen LogP contribution in [-0.4, -0.2) is 44.8 Å². The molecule has 8 nitrogen and oxygen atoms in total. The summed E-state index contributed by atoms with van der Waals surface area (Å²) in [5.41, 5.74) is -0.552. The van der Waals surface area contributed by atoms with Crippen molar-refractivity contribution < 1.29 is 27.6 Å². The second-order valence-electron chi connectivity index (χ2n) is 3.83. The Morgan fingerprint density at radius 1 is 1.55 bits per heavy atom. The quantitative estimate of drug-likeness (QED) is 0.541. The van der Waals surface area contributed by atoms with Crippen molar-refractivity contribution in [2.45, 2.75) is 11.0 Å². The number of ether oxygens (including phenoxy) is 1. The molecule has 20 heavy (non-hydrogen) atoms. The Balaban J connectivity index is 2.97. The third-order valence-electron chi connectivity index (χ3n) is 2.28. The molecular formula is C10H13FN2O6S. The Morgan fingerprint density at radius 3 is 2.75 bits per heavy atom. The van der Waals surface area contributed by atoms with Crippen molar-refractivity contribution in [3.05, 3.63) is 34.1 Å². The van der Waals surface area contributed by atoms with Crippen molar-refractivity contribution in [1.29, 1.82) is 0 Å². The van der Waals surface area contributed by atoms with E-state index in [1.165, 1.54) is 7.11 Å². The van der Waals surface area contributed by atoms with Gasteiger partial charge in [-0.1, -0.05) is 0 Å². The third-order valence-corrected chi connectivity index (χ3v) is 3.72. The average Bonchev–Trinajstić information content (AvgIpc) is 2.37. The van der Waals surface area contributed by atoms with E-state index in [0.29, 0.717) is 12.1 Å². The van der Waals surface area contributed by atoms with E-state index in [9.17, 15) is 28.0 Å². The van der Waals surface area contributed by atoms with Crippen LogP contribution in [0.4, 0.5) is 10.1 Å². The molecule has 0 radical (unpaired) electrons. The molecule has 0 saturated carbocycles. The molecule has 0 bridgehead atoms. The molecule has 0 amide bonds. The van der Waals surface area contributed by atoms with Gasteiger partial charge in [-0.05, 0) is 6.07 Å². The van der Waals surface area contributed by atoms with Crippen molar-refractivity contribution in [1.82, 2.24) is 4.72 Å². The zero-order chi connectivity index (χ0) is 15.3. The Morgan fingerprint density at radius 2 is 2.20 bits per heavy atom. The summed E-state index contributed by atoms with van der Waals surface area (Å²) in [6, 6.07) is 2.16. The van der Waals surface area contributed by atoms with E-state index in [1.807, 2.05) is 4.72 Å². The Kier molecular flexibility index (Phi) is 5.51. The summed E-state index contributed by atoms with van der Waals surface area (Å²) in [5.74, 6) is -1.12. The minimum absolute atomic E-state index is 0.111. The van der Waals surface area contributed by atoms with Crippen LogP contribution < -0.4 is 4.72 Å². The third kappa shape index (κ3) is 4.20. The summed E-state index contributed by atoms with van der Waals surface area (Å²) in [4.78, 5) is 8.87. The molecule has 1 aromatic carbocycles. The van der Waals surface area contributed by atoms with E-state index in [0.717, 1.165) is 6.07 Å². The number of benzene rings is 1. The first-order valence-electron chi connectivity index (χ1n) is 5.38. The van der Waals surface area contributed by atoms with Gasteiger partial charge in [-0.2, -0.15) is 0 Å². The maximum Gasteiger partial charge on any atom is 0.270 e. The van der Waals surface area contributed by atoms with E-state index in [-0.39, 0.29) is 6.61 Å². The summed E-state index contributed by atoms with van der Waals surface area (Å²) >= 11 is 0. The van der Waals surface area contributed by atoms with E-state index in [1.54, 1.807) is 0 Å². The lowest BCUT2D eigenvalue weighted by molar-refractivity contribution is -0.385. The van der Waals surface area contributed by atoms with Crippen molar-refractivity contribution >= 4 is 15.7 Å². The number of nitro benzene ring substituents is 1. The van der Waals surface area contributed by atoms with Crippen LogP contribution in [0.25, 0.3) is 0 Å². The molecule has 112 valence electrons. The first kappa shape index (κ1) is 16.4. The first-order valence-corrected chi connectivity index (χ1v) is 6.87. The molecule has 0 heterocycles. The topological polar surface area (TPSA) is 119 Å². The van der Waals surface area contributed by atoms with E-state index >= 15 is 0 Å². The number of hydrogen-bond acceptors (Lipinski definition) is 6. The molecule has 0 saturated heterocycles. The van der Waals surface area contributed by atoms with Gasteiger partial charge in [0.05, 0.1) is 17.6 Å². The monoisotopic (exact) mass is 308 g/mol. The zero-order valence-corrected chi connectivity index (χ0v) is 11.3. The average molecular weight is 308 g/mol. The van der Waals surface area contributed by atoms with Gasteiger partial charge in [0.1, 0.15) is 10.7 Å². The van der Waals surface area contributed by atoms with Gasteiger partial charge < -0.3 is 9.84 Å². The van der Waals surface area contributed by atoms with E-state index in [2.05, 4.69) is 4.74 Å². The largest absolute Gasteiger partial charge is 0.389 e. The summed E-state index contributed by atoms with van der Waals surface area (Å²) in [6.45, 7) is -0.516. The van der Waals surface area contributed by atoms with E-state index in [4.69, 9.17) is 0 Å². The minimum Gasteiger partial charge on any atom is -0.389 e. The second-order valence-corrected chi connectivity index (χ2v) is 5.57. The highest BCUT2D eigenvalue weighted by molar-refractivity contribution is 7.89. The predicted molar refractivity (Wildman–Crippen MR) is 66.1 cm³/mol. The number of nitro groups is 1. The number of nitrogens with zero attached hydrogens (tertiary/aromatic N) is 1. The second kappa shape index (κ2) is 6.70. The van der Waals surface area contributed by atoms with Crippen LogP contribution in [0.3, 0.4) is 0 Å². The van der Waals surface area contributed by atoms with Crippen molar-refractivity contribution in [2.75, 3.05) is 20.3 Å². The number of halogens is 1. The summed E-state index contributed by atoms with van der Waals surface area (Å²) < 4.78 is 43.6. The number of rotatable bonds is 7. The number of aliphatic hydroxyl groups is 1. The lowest BCUT2D eigenvalue weighted by Crippen LogP contribution is -2.34. The summed E-state index contributed by atoms with van der Waals surface area (Å²) in [7, 11) is -2.99. The highest BCUT2D eigenvalue weighted by atomic mass is 32.2. The molecule has 0 aromatic heterocycles. The van der Waals surface area contributed by atoms with Crippen LogP contribution in [0, 0.1) is 15.9 Å². The maximum atomic E-state index is 13.5. The number of non-ortho nitro benzene ring substituents is 1. The van der Waals surface area contributed by atoms with Crippen LogP contribution in [0.5, 0.6) is 0 Å². The molecule has 10 heteroatoms. The Hall–Kier alpha value is -1.62. The summed E-state index contributed by atoms with van der Waals surface area (Å²) in [5, 5.41) is 19.9. The van der Waals surface area contributed by atoms with Gasteiger partial charge in [-0.15, -0.1) is 0 Å². The van der Waals surface area contributed by atoms with Gasteiger partial charge in [0.25, 0.3) is 5.69 Å². The Labute approximate surface area is 114 Å². The van der Waals surface area contributed by atoms with Crippen molar-refractivity contribution in [2.24, 2.45) is 0 Å². The van der Waals surface area contributed by atoms with Crippen molar-refractivity contribution in [3.8, 4) is 0 Å². The van der Waals surface area contributed by atoms with Gasteiger partial charge in [0.15, 0.2) is 0 Å². The smallest absolute Gasteiger partial charge is 0.270 e. The maximum absolute atomic E-state index is 13.5. The number of sulfonamides is 1. The fourth-order valence-electron chi connectivity index (χ4n) is 1.35. The molecule has 2 N–H and O–H groups in total. The molecule has 0 fully saturated rings. The van der Waals surface area contributed by atoms with Crippen LogP contribution in [-0.2, 0) is 14.8 Å². The van der Waals surface area contributed by atoms with Crippen LogP contribution >= 0.6 is 0 Å². The minimum atomic E-state index is -4.31. The van der Waals surface area contributed by atoms with Gasteiger partial charge in [-0.3, -0.25) is 10.1 Å². The lowest BCUT2D eigenvalue weighted by atomic mass is 10.3. The highest BCUT2D eigenvalue weighted by Gasteiger charge is 2.23. The molecule has 0 aliphatic rings. The standard InChI is InChI=1S/C10H13FN2O6S/c1-19-6-8(14)5-12-20(17,18)10-4-7(13(15)16)2-3-9(10)11/h2-4,8,12,14H,5-6H2,1H3. The molecule has 1 unspecified atom stereocenters. The van der Waals surface area contributed by atoms with Gasteiger partial charge in [0.2, 0.25) is 10.0 Å². The van der Waals surface area contributed by atoms with Gasteiger partial charge in [0, 0.05) is 25.8 Å². The normalized spacial score (nSPS) is 13.2. The SMILES string of the molecule is COCC(O)CNS(=O)(=O)c1cc([N+](=O)[O-])ccc1F. The summed E-state index contributed by atoms with van der Waals surface area (Å²) in [6.07, 6.45) is -1.11. The van der Waals surface area contributed by atoms with Gasteiger partial charge >= 0.3 is 0 Å². The van der Waals surface area contributed by atoms with Gasteiger partial charge in [-0.25, -0.2) is 17.5 Å². The molecule has 0 aliphatic heterocycles. The predicted octanol–water partition coefficient (Wildman–Crippen LogP) is 0.0195. The first-order chi connectivity index (χ1) is 9.27.